The van der Waals surface area contributed by atoms with Crippen LogP contribution in [0, 0.1) is 5.92 Å². The lowest BCUT2D eigenvalue weighted by molar-refractivity contribution is -0.128. The fraction of sp³-hybridized carbons (Fsp3) is 0.680. The van der Waals surface area contributed by atoms with Gasteiger partial charge in [-0.25, -0.2) is 0 Å². The fourth-order valence-electron chi connectivity index (χ4n) is 4.78. The molecular weight excluding hydrogens is 386 g/mol. The molecule has 6 heteroatoms. The molecule has 2 saturated heterocycles. The second kappa shape index (κ2) is 12.1. The Balaban J connectivity index is 1.55. The van der Waals surface area contributed by atoms with E-state index < -0.39 is 0 Å². The van der Waals surface area contributed by atoms with Gasteiger partial charge in [-0.05, 0) is 49.4 Å². The third-order valence-corrected chi connectivity index (χ3v) is 6.68. The maximum atomic E-state index is 12.0. The molecule has 2 aliphatic heterocycles. The van der Waals surface area contributed by atoms with Crippen LogP contribution in [0.25, 0.3) is 0 Å². The molecule has 0 bridgehead atoms. The zero-order chi connectivity index (χ0) is 22.1. The van der Waals surface area contributed by atoms with E-state index in [1.54, 1.807) is 0 Å². The highest BCUT2D eigenvalue weighted by atomic mass is 16.2. The topological polar surface area (TPSA) is 60.0 Å². The second-order valence-corrected chi connectivity index (χ2v) is 9.26. The third-order valence-electron chi connectivity index (χ3n) is 6.68. The molecule has 2 N–H and O–H groups in total. The first-order valence-corrected chi connectivity index (χ1v) is 12.1. The molecule has 6 nitrogen and oxygen atoms in total. The van der Waals surface area contributed by atoms with Crippen LogP contribution < -0.4 is 10.6 Å². The number of nitrogens with zero attached hydrogens (tertiary/aromatic N) is 3. The largest absolute Gasteiger partial charge is 0.355 e. The number of benzene rings is 1. The molecule has 2 aliphatic rings. The van der Waals surface area contributed by atoms with E-state index in [0.29, 0.717) is 31.5 Å². The maximum absolute atomic E-state index is 12.0. The molecule has 2 heterocycles. The van der Waals surface area contributed by atoms with Gasteiger partial charge in [-0.1, -0.05) is 51.0 Å². The molecule has 0 aromatic heterocycles. The number of amides is 1. The predicted molar refractivity (Wildman–Crippen MR) is 128 cm³/mol. The highest BCUT2D eigenvalue weighted by Gasteiger charge is 2.23. The summed E-state index contributed by atoms with van der Waals surface area (Å²) in [5.74, 6) is 1.71. The van der Waals surface area contributed by atoms with Gasteiger partial charge < -0.3 is 15.5 Å². The molecule has 1 atom stereocenters. The van der Waals surface area contributed by atoms with Crippen molar-refractivity contribution >= 4 is 11.9 Å². The monoisotopic (exact) mass is 427 g/mol. The van der Waals surface area contributed by atoms with Crippen molar-refractivity contribution in [3.63, 3.8) is 0 Å². The average Bonchev–Trinajstić information content (AvgIpc) is 3.00. The minimum Gasteiger partial charge on any atom is -0.355 e. The number of aliphatic imine (C=N–C) groups is 1. The third kappa shape index (κ3) is 6.96. The van der Waals surface area contributed by atoms with Crippen LogP contribution in [0.2, 0.25) is 0 Å². The number of nitrogens with one attached hydrogen (secondary N) is 2. The number of carbonyl (C=O) groups is 1. The molecule has 0 aliphatic carbocycles. The van der Waals surface area contributed by atoms with Gasteiger partial charge in [-0.2, -0.15) is 0 Å². The summed E-state index contributed by atoms with van der Waals surface area (Å²) in [6.45, 7) is 10.2. The number of hydrogen-bond donors (Lipinski definition) is 2. The van der Waals surface area contributed by atoms with E-state index in [2.05, 4.69) is 58.6 Å². The van der Waals surface area contributed by atoms with Gasteiger partial charge in [0.1, 0.15) is 0 Å². The van der Waals surface area contributed by atoms with E-state index in [-0.39, 0.29) is 5.91 Å². The predicted octanol–water partition coefficient (Wildman–Crippen LogP) is 3.37. The van der Waals surface area contributed by atoms with Crippen molar-refractivity contribution in [1.82, 2.24) is 20.4 Å². The molecule has 0 spiro atoms. The molecule has 1 aromatic rings. The number of rotatable bonds is 8. The number of guanidine groups is 1. The number of hydrogen-bond acceptors (Lipinski definition) is 3. The van der Waals surface area contributed by atoms with Crippen LogP contribution in [0.15, 0.2) is 29.3 Å². The summed E-state index contributed by atoms with van der Waals surface area (Å²) in [4.78, 5) is 21.1. The van der Waals surface area contributed by atoms with Crippen molar-refractivity contribution in [3.05, 3.63) is 35.4 Å². The molecular formula is C25H41N5O. The maximum Gasteiger partial charge on any atom is 0.222 e. The van der Waals surface area contributed by atoms with Gasteiger partial charge in [0, 0.05) is 45.7 Å². The van der Waals surface area contributed by atoms with E-state index in [9.17, 15) is 4.79 Å². The van der Waals surface area contributed by atoms with Crippen LogP contribution in [0.4, 0.5) is 0 Å². The summed E-state index contributed by atoms with van der Waals surface area (Å²) in [5, 5.41) is 7.06. The molecule has 1 aromatic carbocycles. The van der Waals surface area contributed by atoms with Crippen molar-refractivity contribution < 1.29 is 4.79 Å². The molecule has 1 amide bonds. The Bertz CT molecular complexity index is 724. The normalized spacial score (nSPS) is 19.5. The van der Waals surface area contributed by atoms with E-state index in [1.807, 2.05) is 11.9 Å². The van der Waals surface area contributed by atoms with Crippen LogP contribution in [0.5, 0.6) is 0 Å². The van der Waals surface area contributed by atoms with Gasteiger partial charge >= 0.3 is 0 Å². The Morgan fingerprint density at radius 1 is 1.00 bits per heavy atom. The van der Waals surface area contributed by atoms with Gasteiger partial charge in [0.25, 0.3) is 0 Å². The number of carbonyl (C=O) groups excluding carboxylic acids is 1. The first-order valence-electron chi connectivity index (χ1n) is 12.1. The summed E-state index contributed by atoms with van der Waals surface area (Å²) in [6.07, 6.45) is 7.01. The Kier molecular flexibility index (Phi) is 9.19. The second-order valence-electron chi connectivity index (χ2n) is 9.26. The van der Waals surface area contributed by atoms with E-state index in [4.69, 9.17) is 0 Å². The standard InChI is InChI=1S/C25H41N5O/c1-20(2)23(29-14-8-4-5-9-15-29)18-28-25(26-3)27-17-21-11-6-7-12-22(21)19-30-16-10-13-24(30)31/h6-7,11-12,20,23H,4-5,8-10,13-19H2,1-3H3,(H2,26,27,28). The average molecular weight is 428 g/mol. The summed E-state index contributed by atoms with van der Waals surface area (Å²) in [5.41, 5.74) is 2.43. The Labute approximate surface area is 188 Å². The molecule has 0 radical (unpaired) electrons. The quantitative estimate of drug-likeness (QED) is 0.493. The van der Waals surface area contributed by atoms with Gasteiger partial charge in [-0.15, -0.1) is 0 Å². The van der Waals surface area contributed by atoms with Crippen LogP contribution in [0.3, 0.4) is 0 Å². The van der Waals surface area contributed by atoms with Crippen LogP contribution in [0.1, 0.15) is 63.5 Å². The van der Waals surface area contributed by atoms with Crippen LogP contribution in [-0.2, 0) is 17.9 Å². The summed E-state index contributed by atoms with van der Waals surface area (Å²) in [6, 6.07) is 8.92. The SMILES string of the molecule is CN=C(NCc1ccccc1CN1CCCC1=O)NCC(C(C)C)N1CCCCCC1. The van der Waals surface area contributed by atoms with Gasteiger partial charge in [-0.3, -0.25) is 14.7 Å². The Hall–Kier alpha value is -2.08. The van der Waals surface area contributed by atoms with Gasteiger partial charge in [0.05, 0.1) is 0 Å². The smallest absolute Gasteiger partial charge is 0.222 e. The summed E-state index contributed by atoms with van der Waals surface area (Å²) >= 11 is 0. The van der Waals surface area contributed by atoms with E-state index in [1.165, 1.54) is 49.9 Å². The molecule has 3 rings (SSSR count). The minimum atomic E-state index is 0.272. The lowest BCUT2D eigenvalue weighted by atomic mass is 10.0. The lowest BCUT2D eigenvalue weighted by Crippen LogP contribution is -2.49. The molecule has 0 saturated carbocycles. The van der Waals surface area contributed by atoms with E-state index >= 15 is 0 Å². The van der Waals surface area contributed by atoms with Crippen molar-refractivity contribution in [2.75, 3.05) is 33.2 Å². The zero-order valence-electron chi connectivity index (χ0n) is 19.7. The Morgan fingerprint density at radius 2 is 1.71 bits per heavy atom. The lowest BCUT2D eigenvalue weighted by Gasteiger charge is -2.34. The van der Waals surface area contributed by atoms with Gasteiger partial charge in [0.15, 0.2) is 5.96 Å². The Morgan fingerprint density at radius 3 is 2.32 bits per heavy atom. The van der Waals surface area contributed by atoms with Crippen molar-refractivity contribution in [3.8, 4) is 0 Å². The molecule has 31 heavy (non-hydrogen) atoms. The zero-order valence-corrected chi connectivity index (χ0v) is 19.7. The number of likely N-dealkylation sites (tertiary alicyclic amines) is 2. The molecule has 172 valence electrons. The first-order chi connectivity index (χ1) is 15.1. The van der Waals surface area contributed by atoms with E-state index in [0.717, 1.165) is 25.5 Å². The fourth-order valence-corrected chi connectivity index (χ4v) is 4.78. The highest BCUT2D eigenvalue weighted by Crippen LogP contribution is 2.18. The van der Waals surface area contributed by atoms with Crippen LogP contribution in [-0.4, -0.2) is 60.9 Å². The molecule has 2 fully saturated rings. The van der Waals surface area contributed by atoms with Gasteiger partial charge in [0.2, 0.25) is 5.91 Å². The minimum absolute atomic E-state index is 0.272. The molecule has 1 unspecified atom stereocenters. The first kappa shape index (κ1) is 23.6. The highest BCUT2D eigenvalue weighted by molar-refractivity contribution is 5.79. The van der Waals surface area contributed by atoms with Crippen LogP contribution >= 0.6 is 0 Å². The summed E-state index contributed by atoms with van der Waals surface area (Å²) < 4.78 is 0. The van der Waals surface area contributed by atoms with Crippen molar-refractivity contribution in [1.29, 1.82) is 0 Å². The van der Waals surface area contributed by atoms with Crippen molar-refractivity contribution in [2.24, 2.45) is 10.9 Å². The summed E-state index contributed by atoms with van der Waals surface area (Å²) in [7, 11) is 1.83. The van der Waals surface area contributed by atoms with Crippen molar-refractivity contribution in [2.45, 2.75) is 71.5 Å².